The van der Waals surface area contributed by atoms with Gasteiger partial charge in [0.25, 0.3) is 5.82 Å². The van der Waals surface area contributed by atoms with Crippen LogP contribution in [-0.4, -0.2) is 4.57 Å². The van der Waals surface area contributed by atoms with Crippen molar-refractivity contribution in [3.63, 3.8) is 0 Å². The summed E-state index contributed by atoms with van der Waals surface area (Å²) in [6, 6.07) is 10.5. The summed E-state index contributed by atoms with van der Waals surface area (Å²) in [7, 11) is 2.07. The van der Waals surface area contributed by atoms with E-state index in [2.05, 4.69) is 59.8 Å². The first-order chi connectivity index (χ1) is 6.77. The molecule has 1 aromatic carbocycles. The zero-order chi connectivity index (χ0) is 9.97. The Morgan fingerprint density at radius 3 is 2.50 bits per heavy atom. The second kappa shape index (κ2) is 3.66. The van der Waals surface area contributed by atoms with E-state index in [4.69, 9.17) is 0 Å². The van der Waals surface area contributed by atoms with E-state index in [9.17, 15) is 0 Å². The largest absolute Gasteiger partial charge is 0.253 e. The van der Waals surface area contributed by atoms with E-state index in [0.717, 1.165) is 6.54 Å². The van der Waals surface area contributed by atoms with E-state index in [1.54, 1.807) is 0 Å². The highest BCUT2D eigenvalue weighted by Gasteiger charge is 2.08. The van der Waals surface area contributed by atoms with Crippen LogP contribution >= 0.6 is 0 Å². The highest BCUT2D eigenvalue weighted by atomic mass is 15.1. The van der Waals surface area contributed by atoms with Gasteiger partial charge >= 0.3 is 0 Å². The Morgan fingerprint density at radius 1 is 1.21 bits per heavy atom. The van der Waals surface area contributed by atoms with Crippen LogP contribution < -0.4 is 4.57 Å². The smallest absolute Gasteiger partial charge is 0.237 e. The summed E-state index contributed by atoms with van der Waals surface area (Å²) in [6.07, 6.45) is 4.20. The van der Waals surface area contributed by atoms with Crippen molar-refractivity contribution < 1.29 is 4.57 Å². The Labute approximate surface area is 84.4 Å². The molecule has 0 bridgehead atoms. The molecule has 0 atom stereocenters. The van der Waals surface area contributed by atoms with E-state index < -0.39 is 0 Å². The lowest BCUT2D eigenvalue weighted by atomic mass is 10.2. The number of aryl methyl sites for hydroxylation is 1. The second-order valence-electron chi connectivity index (χ2n) is 3.57. The van der Waals surface area contributed by atoms with Gasteiger partial charge in [0, 0.05) is 6.92 Å². The van der Waals surface area contributed by atoms with Gasteiger partial charge in [0.15, 0.2) is 0 Å². The molecule has 2 nitrogen and oxygen atoms in total. The van der Waals surface area contributed by atoms with Crippen LogP contribution in [0.1, 0.15) is 11.4 Å². The van der Waals surface area contributed by atoms with Crippen molar-refractivity contribution in [1.82, 2.24) is 4.57 Å². The molecule has 0 spiro atoms. The van der Waals surface area contributed by atoms with Crippen LogP contribution in [0.3, 0.4) is 0 Å². The van der Waals surface area contributed by atoms with E-state index in [1.165, 1.54) is 11.4 Å². The standard InChI is InChI=1S/C12H15N2/c1-11-13(2)8-9-14(11)10-12-6-4-3-5-7-12/h3-9H,10H2,1-2H3/q+1. The van der Waals surface area contributed by atoms with Gasteiger partial charge in [0.05, 0.1) is 7.05 Å². The van der Waals surface area contributed by atoms with Crippen molar-refractivity contribution in [3.05, 3.63) is 54.1 Å². The lowest BCUT2D eigenvalue weighted by Gasteiger charge is -1.98. The van der Waals surface area contributed by atoms with Crippen LogP contribution in [0.5, 0.6) is 0 Å². The molecule has 2 heteroatoms. The SMILES string of the molecule is Cc1n(C)cc[n+]1Cc1ccccc1. The van der Waals surface area contributed by atoms with E-state index in [-0.39, 0.29) is 0 Å². The van der Waals surface area contributed by atoms with Crippen LogP contribution in [-0.2, 0) is 13.6 Å². The molecule has 0 aliphatic rings. The molecule has 1 aromatic heterocycles. The first kappa shape index (κ1) is 9.00. The number of nitrogens with zero attached hydrogens (tertiary/aromatic N) is 2. The van der Waals surface area contributed by atoms with E-state index >= 15 is 0 Å². The van der Waals surface area contributed by atoms with E-state index in [0.29, 0.717) is 0 Å². The first-order valence-corrected chi connectivity index (χ1v) is 4.82. The summed E-state index contributed by atoms with van der Waals surface area (Å²) >= 11 is 0. The van der Waals surface area contributed by atoms with Crippen LogP contribution in [0.4, 0.5) is 0 Å². The Kier molecular flexibility index (Phi) is 2.35. The van der Waals surface area contributed by atoms with Crippen molar-refractivity contribution >= 4 is 0 Å². The van der Waals surface area contributed by atoms with Crippen molar-refractivity contribution in [2.45, 2.75) is 13.5 Å². The molecule has 72 valence electrons. The molecule has 14 heavy (non-hydrogen) atoms. The fourth-order valence-electron chi connectivity index (χ4n) is 1.55. The number of hydrogen-bond acceptors (Lipinski definition) is 0. The van der Waals surface area contributed by atoms with Gasteiger partial charge < -0.3 is 0 Å². The zero-order valence-corrected chi connectivity index (χ0v) is 8.64. The zero-order valence-electron chi connectivity index (χ0n) is 8.64. The average molecular weight is 187 g/mol. The summed E-state index contributed by atoms with van der Waals surface area (Å²) < 4.78 is 4.37. The lowest BCUT2D eigenvalue weighted by Crippen LogP contribution is -2.35. The van der Waals surface area contributed by atoms with Crippen LogP contribution in [0.2, 0.25) is 0 Å². The minimum Gasteiger partial charge on any atom is -0.237 e. The monoisotopic (exact) mass is 187 g/mol. The molecule has 1 heterocycles. The number of aromatic nitrogens is 2. The van der Waals surface area contributed by atoms with Crippen molar-refractivity contribution in [2.24, 2.45) is 7.05 Å². The predicted octanol–water partition coefficient (Wildman–Crippen LogP) is 1.67. The summed E-state index contributed by atoms with van der Waals surface area (Å²) in [5.74, 6) is 1.27. The number of hydrogen-bond donors (Lipinski definition) is 0. The van der Waals surface area contributed by atoms with Gasteiger partial charge in [-0.25, -0.2) is 9.13 Å². The van der Waals surface area contributed by atoms with Crippen molar-refractivity contribution in [3.8, 4) is 0 Å². The van der Waals surface area contributed by atoms with Crippen molar-refractivity contribution in [1.29, 1.82) is 0 Å². The van der Waals surface area contributed by atoms with Gasteiger partial charge in [-0.1, -0.05) is 30.3 Å². The molecule has 0 fully saturated rings. The molecule has 0 saturated carbocycles. The highest BCUT2D eigenvalue weighted by Crippen LogP contribution is 1.98. The van der Waals surface area contributed by atoms with Gasteiger partial charge in [0.1, 0.15) is 18.9 Å². The van der Waals surface area contributed by atoms with Gasteiger partial charge in [0.2, 0.25) is 0 Å². The molecular weight excluding hydrogens is 172 g/mol. The summed E-state index contributed by atoms with van der Waals surface area (Å²) in [5, 5.41) is 0. The maximum atomic E-state index is 2.25. The summed E-state index contributed by atoms with van der Waals surface area (Å²) in [6.45, 7) is 3.08. The third kappa shape index (κ3) is 1.69. The van der Waals surface area contributed by atoms with Gasteiger partial charge in [-0.05, 0) is 5.56 Å². The third-order valence-electron chi connectivity index (χ3n) is 2.59. The van der Waals surface area contributed by atoms with Gasteiger partial charge in [-0.3, -0.25) is 0 Å². The Balaban J connectivity index is 2.23. The first-order valence-electron chi connectivity index (χ1n) is 4.82. The Hall–Kier alpha value is -1.57. The molecule has 0 radical (unpaired) electrons. The maximum absolute atomic E-state index is 2.25. The topological polar surface area (TPSA) is 8.81 Å². The molecule has 0 N–H and O–H groups in total. The fourth-order valence-corrected chi connectivity index (χ4v) is 1.55. The van der Waals surface area contributed by atoms with Crippen molar-refractivity contribution in [2.75, 3.05) is 0 Å². The second-order valence-corrected chi connectivity index (χ2v) is 3.57. The number of imidazole rings is 1. The van der Waals surface area contributed by atoms with E-state index in [1.807, 2.05) is 6.07 Å². The summed E-state index contributed by atoms with van der Waals surface area (Å²) in [4.78, 5) is 0. The number of rotatable bonds is 2. The molecule has 2 rings (SSSR count). The minimum absolute atomic E-state index is 0.952. The molecule has 0 saturated heterocycles. The number of benzene rings is 1. The molecular formula is C12H15N2+. The normalized spacial score (nSPS) is 10.4. The van der Waals surface area contributed by atoms with Crippen LogP contribution in [0.25, 0.3) is 0 Å². The Bertz CT molecular complexity index is 415. The predicted molar refractivity (Wildman–Crippen MR) is 55.9 cm³/mol. The maximum Gasteiger partial charge on any atom is 0.253 e. The molecule has 0 aliphatic carbocycles. The van der Waals surface area contributed by atoms with Gasteiger partial charge in [-0.15, -0.1) is 0 Å². The lowest BCUT2D eigenvalue weighted by molar-refractivity contribution is -0.693. The third-order valence-corrected chi connectivity index (χ3v) is 2.59. The fraction of sp³-hybridized carbons (Fsp3) is 0.250. The molecule has 0 unspecified atom stereocenters. The van der Waals surface area contributed by atoms with Crippen LogP contribution in [0.15, 0.2) is 42.7 Å². The molecule has 2 aromatic rings. The summed E-state index contributed by atoms with van der Waals surface area (Å²) in [5.41, 5.74) is 1.34. The minimum atomic E-state index is 0.952. The van der Waals surface area contributed by atoms with Crippen LogP contribution in [0, 0.1) is 6.92 Å². The molecule has 0 amide bonds. The highest BCUT2D eigenvalue weighted by molar-refractivity contribution is 5.13. The average Bonchev–Trinajstić information content (AvgIpc) is 2.52. The van der Waals surface area contributed by atoms with Gasteiger partial charge in [-0.2, -0.15) is 0 Å². The molecule has 0 aliphatic heterocycles. The Morgan fingerprint density at radius 2 is 1.93 bits per heavy atom. The quantitative estimate of drug-likeness (QED) is 0.632.